The lowest BCUT2D eigenvalue weighted by atomic mass is 9.95. The Labute approximate surface area is 100 Å². The van der Waals surface area contributed by atoms with E-state index in [-0.39, 0.29) is 0 Å². The molecule has 0 aromatic heterocycles. The summed E-state index contributed by atoms with van der Waals surface area (Å²) in [5, 5.41) is 3.62. The van der Waals surface area contributed by atoms with Crippen LogP contribution < -0.4 is 11.1 Å². The first-order valence-corrected chi connectivity index (χ1v) is 7.32. The van der Waals surface area contributed by atoms with E-state index in [4.69, 9.17) is 5.73 Å². The Morgan fingerprint density at radius 2 is 1.81 bits per heavy atom. The summed E-state index contributed by atoms with van der Waals surface area (Å²) < 4.78 is 0. The van der Waals surface area contributed by atoms with Crippen LogP contribution in [-0.4, -0.2) is 19.1 Å². The van der Waals surface area contributed by atoms with E-state index in [1.165, 1.54) is 64.3 Å². The maximum absolute atomic E-state index is 6.21. The van der Waals surface area contributed by atoms with Crippen molar-refractivity contribution in [3.05, 3.63) is 0 Å². The topological polar surface area (TPSA) is 38.0 Å². The third kappa shape index (κ3) is 4.42. The summed E-state index contributed by atoms with van der Waals surface area (Å²) in [5.41, 5.74) is 6.21. The van der Waals surface area contributed by atoms with Gasteiger partial charge in [-0.3, -0.25) is 0 Å². The second-order valence-corrected chi connectivity index (χ2v) is 5.85. The first-order chi connectivity index (χ1) is 7.86. The number of nitrogens with one attached hydrogen (secondary N) is 1. The van der Waals surface area contributed by atoms with Gasteiger partial charge in [0.15, 0.2) is 0 Å². The van der Waals surface area contributed by atoms with Gasteiger partial charge in [0, 0.05) is 6.04 Å². The maximum Gasteiger partial charge on any atom is 0.00792 e. The van der Waals surface area contributed by atoms with Gasteiger partial charge >= 0.3 is 0 Å². The molecule has 0 aromatic rings. The first-order valence-electron chi connectivity index (χ1n) is 7.32. The van der Waals surface area contributed by atoms with E-state index >= 15 is 0 Å². The zero-order chi connectivity index (χ0) is 11.2. The quantitative estimate of drug-likeness (QED) is 0.538. The number of hydrogen-bond acceptors (Lipinski definition) is 2. The van der Waals surface area contributed by atoms with Gasteiger partial charge in [0.25, 0.3) is 0 Å². The van der Waals surface area contributed by atoms with Crippen molar-refractivity contribution in [3.63, 3.8) is 0 Å². The zero-order valence-corrected chi connectivity index (χ0v) is 10.6. The van der Waals surface area contributed by atoms with Gasteiger partial charge in [0.2, 0.25) is 0 Å². The zero-order valence-electron chi connectivity index (χ0n) is 10.6. The van der Waals surface area contributed by atoms with Crippen molar-refractivity contribution in [2.45, 2.75) is 63.8 Å². The minimum Gasteiger partial charge on any atom is -0.327 e. The molecule has 94 valence electrons. The second kappa shape index (κ2) is 6.61. The fourth-order valence-electron chi connectivity index (χ4n) is 2.88. The monoisotopic (exact) mass is 224 g/mol. The smallest absolute Gasteiger partial charge is 0.00792 e. The average molecular weight is 224 g/mol. The van der Waals surface area contributed by atoms with E-state index in [1.54, 1.807) is 0 Å². The standard InChI is InChI=1S/C14H28N2/c15-14-7-3-1-2-6-13(14)11-16-10-4-5-12-8-9-12/h12-14,16H,1-11,15H2. The molecule has 0 aromatic carbocycles. The van der Waals surface area contributed by atoms with Gasteiger partial charge < -0.3 is 11.1 Å². The molecule has 2 saturated carbocycles. The molecular weight excluding hydrogens is 196 g/mol. The molecule has 0 aliphatic heterocycles. The summed E-state index contributed by atoms with van der Waals surface area (Å²) in [5.74, 6) is 1.82. The molecule has 16 heavy (non-hydrogen) atoms. The lowest BCUT2D eigenvalue weighted by molar-refractivity contribution is 0.372. The molecule has 0 amide bonds. The van der Waals surface area contributed by atoms with Crippen LogP contribution in [0.1, 0.15) is 57.8 Å². The molecule has 2 atom stereocenters. The molecule has 2 aliphatic rings. The normalized spacial score (nSPS) is 31.3. The van der Waals surface area contributed by atoms with Crippen LogP contribution >= 0.6 is 0 Å². The molecule has 0 saturated heterocycles. The maximum atomic E-state index is 6.21. The Kier molecular flexibility index (Phi) is 5.11. The van der Waals surface area contributed by atoms with E-state index < -0.39 is 0 Å². The van der Waals surface area contributed by atoms with Gasteiger partial charge in [0.05, 0.1) is 0 Å². The summed E-state index contributed by atoms with van der Waals surface area (Å²) in [7, 11) is 0. The van der Waals surface area contributed by atoms with Gasteiger partial charge in [-0.25, -0.2) is 0 Å². The highest BCUT2D eigenvalue weighted by atomic mass is 14.9. The van der Waals surface area contributed by atoms with Crippen LogP contribution in [0.15, 0.2) is 0 Å². The van der Waals surface area contributed by atoms with E-state index in [0.717, 1.165) is 18.4 Å². The number of hydrogen-bond donors (Lipinski definition) is 2. The van der Waals surface area contributed by atoms with Crippen LogP contribution in [0.25, 0.3) is 0 Å². The second-order valence-electron chi connectivity index (χ2n) is 5.85. The van der Waals surface area contributed by atoms with Crippen LogP contribution in [0, 0.1) is 11.8 Å². The molecule has 2 fully saturated rings. The Hall–Kier alpha value is -0.0800. The third-order valence-electron chi connectivity index (χ3n) is 4.29. The van der Waals surface area contributed by atoms with Crippen molar-refractivity contribution in [2.24, 2.45) is 17.6 Å². The van der Waals surface area contributed by atoms with Crippen LogP contribution in [0.2, 0.25) is 0 Å². The summed E-state index contributed by atoms with van der Waals surface area (Å²) in [6.45, 7) is 2.37. The van der Waals surface area contributed by atoms with Crippen molar-refractivity contribution >= 4 is 0 Å². The number of rotatable bonds is 6. The molecule has 3 N–H and O–H groups in total. The molecule has 0 spiro atoms. The molecule has 0 bridgehead atoms. The fraction of sp³-hybridized carbons (Fsp3) is 1.00. The largest absolute Gasteiger partial charge is 0.327 e. The fourth-order valence-corrected chi connectivity index (χ4v) is 2.88. The van der Waals surface area contributed by atoms with Crippen LogP contribution in [-0.2, 0) is 0 Å². The van der Waals surface area contributed by atoms with Crippen molar-refractivity contribution in [1.82, 2.24) is 5.32 Å². The molecule has 2 unspecified atom stereocenters. The summed E-state index contributed by atoms with van der Waals surface area (Å²) >= 11 is 0. The van der Waals surface area contributed by atoms with E-state index in [9.17, 15) is 0 Å². The predicted molar refractivity (Wildman–Crippen MR) is 69.4 cm³/mol. The minimum atomic E-state index is 0.457. The van der Waals surface area contributed by atoms with Crippen molar-refractivity contribution in [2.75, 3.05) is 13.1 Å². The Morgan fingerprint density at radius 1 is 1.00 bits per heavy atom. The molecule has 2 nitrogen and oxygen atoms in total. The van der Waals surface area contributed by atoms with Gasteiger partial charge in [-0.2, -0.15) is 0 Å². The van der Waals surface area contributed by atoms with Crippen LogP contribution in [0.5, 0.6) is 0 Å². The molecule has 0 heterocycles. The van der Waals surface area contributed by atoms with Gasteiger partial charge in [0.1, 0.15) is 0 Å². The Bertz CT molecular complexity index is 189. The SMILES string of the molecule is NC1CCCCCC1CNCCCC1CC1. The minimum absolute atomic E-state index is 0.457. The Morgan fingerprint density at radius 3 is 2.62 bits per heavy atom. The highest BCUT2D eigenvalue weighted by Gasteiger charge is 2.21. The van der Waals surface area contributed by atoms with Gasteiger partial charge in [-0.1, -0.05) is 32.1 Å². The summed E-state index contributed by atoms with van der Waals surface area (Å²) in [4.78, 5) is 0. The molecular formula is C14H28N2. The predicted octanol–water partition coefficient (Wildman–Crippen LogP) is 2.67. The lowest BCUT2D eigenvalue weighted by Crippen LogP contribution is -2.36. The number of nitrogens with two attached hydrogens (primary N) is 1. The van der Waals surface area contributed by atoms with E-state index in [2.05, 4.69) is 5.32 Å². The molecule has 2 heteroatoms. The first kappa shape index (κ1) is 12.4. The highest BCUT2D eigenvalue weighted by molar-refractivity contribution is 4.78. The van der Waals surface area contributed by atoms with E-state index in [0.29, 0.717) is 6.04 Å². The molecule has 0 radical (unpaired) electrons. The Balaban J connectivity index is 1.52. The lowest BCUT2D eigenvalue weighted by Gasteiger charge is -2.21. The van der Waals surface area contributed by atoms with Gasteiger partial charge in [-0.05, 0) is 50.6 Å². The third-order valence-corrected chi connectivity index (χ3v) is 4.29. The van der Waals surface area contributed by atoms with Crippen molar-refractivity contribution in [3.8, 4) is 0 Å². The van der Waals surface area contributed by atoms with Crippen LogP contribution in [0.3, 0.4) is 0 Å². The van der Waals surface area contributed by atoms with Gasteiger partial charge in [-0.15, -0.1) is 0 Å². The summed E-state index contributed by atoms with van der Waals surface area (Å²) in [6, 6.07) is 0.457. The summed E-state index contributed by atoms with van der Waals surface area (Å²) in [6.07, 6.45) is 12.5. The van der Waals surface area contributed by atoms with Crippen molar-refractivity contribution < 1.29 is 0 Å². The van der Waals surface area contributed by atoms with Crippen LogP contribution in [0.4, 0.5) is 0 Å². The highest BCUT2D eigenvalue weighted by Crippen LogP contribution is 2.33. The van der Waals surface area contributed by atoms with Crippen molar-refractivity contribution in [1.29, 1.82) is 0 Å². The van der Waals surface area contributed by atoms with E-state index in [1.807, 2.05) is 0 Å². The molecule has 2 rings (SSSR count). The molecule has 2 aliphatic carbocycles. The average Bonchev–Trinajstić information content (AvgIpc) is 3.08.